The van der Waals surface area contributed by atoms with Crippen molar-refractivity contribution in [3.8, 4) is 17.1 Å². The second kappa shape index (κ2) is 7.53. The number of aryl methyl sites for hydroxylation is 1. The van der Waals surface area contributed by atoms with Crippen molar-refractivity contribution >= 4 is 11.6 Å². The highest BCUT2D eigenvalue weighted by molar-refractivity contribution is 5.92. The van der Waals surface area contributed by atoms with Gasteiger partial charge in [-0.3, -0.25) is 0 Å². The van der Waals surface area contributed by atoms with Crippen molar-refractivity contribution < 1.29 is 9.15 Å². The molecule has 0 saturated carbocycles. The van der Waals surface area contributed by atoms with E-state index in [-0.39, 0.29) is 6.54 Å². The molecular weight excluding hydrogens is 316 g/mol. The van der Waals surface area contributed by atoms with Crippen molar-refractivity contribution in [2.45, 2.75) is 13.5 Å². The van der Waals surface area contributed by atoms with Crippen LogP contribution in [-0.2, 0) is 6.54 Å². The van der Waals surface area contributed by atoms with Gasteiger partial charge in [0.05, 0.1) is 13.3 Å². The summed E-state index contributed by atoms with van der Waals surface area (Å²) in [5, 5.41) is 3.01. The number of anilines is 1. The minimum atomic E-state index is 0.265. The van der Waals surface area contributed by atoms with Gasteiger partial charge in [-0.15, -0.1) is 0 Å². The molecule has 6 nitrogen and oxygen atoms in total. The standard InChI is InChI=1S/C19H20N4O2/c1-13-3-5-14(6-4-13)17-11-21-18(25-17)12-22-19(20)23-15-7-9-16(24-2)10-8-15/h3-11H,12H2,1-2H3,(H3,20,22,23). The summed E-state index contributed by atoms with van der Waals surface area (Å²) >= 11 is 0. The van der Waals surface area contributed by atoms with E-state index in [2.05, 4.69) is 15.3 Å². The van der Waals surface area contributed by atoms with Crippen LogP contribution >= 0.6 is 0 Å². The molecule has 3 rings (SSSR count). The molecule has 0 radical (unpaired) electrons. The summed E-state index contributed by atoms with van der Waals surface area (Å²) < 4.78 is 10.8. The van der Waals surface area contributed by atoms with Gasteiger partial charge < -0.3 is 20.2 Å². The van der Waals surface area contributed by atoms with E-state index in [1.54, 1.807) is 13.3 Å². The Bertz CT molecular complexity index is 852. The molecule has 128 valence electrons. The van der Waals surface area contributed by atoms with Gasteiger partial charge in [0.15, 0.2) is 11.7 Å². The van der Waals surface area contributed by atoms with Crippen LogP contribution in [0.1, 0.15) is 11.5 Å². The van der Waals surface area contributed by atoms with Gasteiger partial charge in [-0.1, -0.05) is 29.8 Å². The molecule has 1 aromatic heterocycles. The molecule has 2 aromatic carbocycles. The van der Waals surface area contributed by atoms with Gasteiger partial charge in [0.1, 0.15) is 12.3 Å². The Labute approximate surface area is 146 Å². The number of ether oxygens (including phenoxy) is 1. The van der Waals surface area contributed by atoms with E-state index in [1.807, 2.05) is 55.5 Å². The predicted molar refractivity (Wildman–Crippen MR) is 98.6 cm³/mol. The van der Waals surface area contributed by atoms with Crippen LogP contribution < -0.4 is 15.8 Å². The summed E-state index contributed by atoms with van der Waals surface area (Å²) in [6.45, 7) is 2.31. The summed E-state index contributed by atoms with van der Waals surface area (Å²) in [4.78, 5) is 8.49. The highest BCUT2D eigenvalue weighted by Crippen LogP contribution is 2.21. The molecule has 0 aliphatic rings. The molecule has 3 N–H and O–H groups in total. The van der Waals surface area contributed by atoms with Crippen LogP contribution in [-0.4, -0.2) is 18.1 Å². The molecule has 0 saturated heterocycles. The first-order chi connectivity index (χ1) is 12.1. The Balaban J connectivity index is 1.62. The van der Waals surface area contributed by atoms with Crippen LogP contribution in [0.3, 0.4) is 0 Å². The summed E-state index contributed by atoms with van der Waals surface area (Å²) in [7, 11) is 1.62. The highest BCUT2D eigenvalue weighted by atomic mass is 16.5. The van der Waals surface area contributed by atoms with Crippen LogP contribution in [0.4, 0.5) is 5.69 Å². The van der Waals surface area contributed by atoms with E-state index in [0.29, 0.717) is 17.6 Å². The van der Waals surface area contributed by atoms with Gasteiger partial charge in [0, 0.05) is 11.3 Å². The van der Waals surface area contributed by atoms with E-state index in [9.17, 15) is 0 Å². The van der Waals surface area contributed by atoms with Crippen LogP contribution in [0.15, 0.2) is 64.1 Å². The maximum atomic E-state index is 5.90. The Hall–Kier alpha value is -3.28. The number of aromatic nitrogens is 1. The molecule has 0 aliphatic carbocycles. The minimum absolute atomic E-state index is 0.265. The molecular formula is C19H20N4O2. The van der Waals surface area contributed by atoms with Crippen LogP contribution in [0, 0.1) is 6.92 Å². The van der Waals surface area contributed by atoms with Crippen molar-refractivity contribution in [1.29, 1.82) is 0 Å². The number of nitrogens with zero attached hydrogens (tertiary/aromatic N) is 2. The first-order valence-corrected chi connectivity index (χ1v) is 7.87. The molecule has 1 heterocycles. The zero-order chi connectivity index (χ0) is 17.6. The second-order valence-electron chi connectivity index (χ2n) is 5.54. The third-order valence-corrected chi connectivity index (χ3v) is 3.64. The van der Waals surface area contributed by atoms with E-state index >= 15 is 0 Å². The maximum absolute atomic E-state index is 5.90. The van der Waals surface area contributed by atoms with Gasteiger partial charge in [-0.05, 0) is 31.2 Å². The molecule has 0 fully saturated rings. The van der Waals surface area contributed by atoms with E-state index in [4.69, 9.17) is 14.9 Å². The number of guanidine groups is 1. The second-order valence-corrected chi connectivity index (χ2v) is 5.54. The zero-order valence-electron chi connectivity index (χ0n) is 14.2. The van der Waals surface area contributed by atoms with Crippen molar-refractivity contribution in [3.05, 3.63) is 66.2 Å². The number of hydrogen-bond donors (Lipinski definition) is 2. The lowest BCUT2D eigenvalue weighted by molar-refractivity contribution is 0.415. The fourth-order valence-electron chi connectivity index (χ4n) is 2.25. The number of hydrogen-bond acceptors (Lipinski definition) is 4. The predicted octanol–water partition coefficient (Wildman–Crippen LogP) is 3.59. The van der Waals surface area contributed by atoms with Crippen LogP contribution in [0.5, 0.6) is 5.75 Å². The van der Waals surface area contributed by atoms with Gasteiger partial charge in [0.2, 0.25) is 5.89 Å². The third kappa shape index (κ3) is 4.38. The minimum Gasteiger partial charge on any atom is -0.497 e. The van der Waals surface area contributed by atoms with Crippen molar-refractivity contribution in [2.75, 3.05) is 12.4 Å². The van der Waals surface area contributed by atoms with E-state index in [0.717, 1.165) is 17.0 Å². The molecule has 0 amide bonds. The average Bonchev–Trinajstić information content (AvgIpc) is 3.10. The fourth-order valence-corrected chi connectivity index (χ4v) is 2.25. The molecule has 0 bridgehead atoms. The van der Waals surface area contributed by atoms with Crippen molar-refractivity contribution in [1.82, 2.24) is 4.98 Å². The molecule has 6 heteroatoms. The zero-order valence-corrected chi connectivity index (χ0v) is 14.2. The Kier molecular flexibility index (Phi) is 4.99. The largest absolute Gasteiger partial charge is 0.497 e. The Morgan fingerprint density at radius 3 is 2.56 bits per heavy atom. The van der Waals surface area contributed by atoms with Crippen molar-refractivity contribution in [2.24, 2.45) is 10.7 Å². The number of nitrogens with two attached hydrogens (primary N) is 1. The number of methoxy groups -OCH3 is 1. The van der Waals surface area contributed by atoms with Gasteiger partial charge in [-0.25, -0.2) is 9.98 Å². The van der Waals surface area contributed by atoms with E-state index < -0.39 is 0 Å². The summed E-state index contributed by atoms with van der Waals surface area (Å²) in [6.07, 6.45) is 1.70. The van der Waals surface area contributed by atoms with Gasteiger partial charge in [0.25, 0.3) is 0 Å². The number of oxazole rings is 1. The molecule has 25 heavy (non-hydrogen) atoms. The molecule has 0 atom stereocenters. The quantitative estimate of drug-likeness (QED) is 0.549. The lowest BCUT2D eigenvalue weighted by atomic mass is 10.1. The summed E-state index contributed by atoms with van der Waals surface area (Å²) in [5.41, 5.74) is 8.91. The number of benzene rings is 2. The lowest BCUT2D eigenvalue weighted by Gasteiger charge is -2.06. The summed E-state index contributed by atoms with van der Waals surface area (Å²) in [6, 6.07) is 15.5. The molecule has 3 aromatic rings. The smallest absolute Gasteiger partial charge is 0.216 e. The molecule has 0 aliphatic heterocycles. The topological polar surface area (TPSA) is 85.7 Å². The number of aliphatic imine (C=N–C) groups is 1. The molecule has 0 spiro atoms. The average molecular weight is 336 g/mol. The maximum Gasteiger partial charge on any atom is 0.216 e. The van der Waals surface area contributed by atoms with Crippen LogP contribution in [0.2, 0.25) is 0 Å². The van der Waals surface area contributed by atoms with Crippen molar-refractivity contribution in [3.63, 3.8) is 0 Å². The SMILES string of the molecule is COc1ccc(NC(N)=NCc2ncc(-c3ccc(C)cc3)o2)cc1. The number of rotatable bonds is 5. The van der Waals surface area contributed by atoms with Gasteiger partial charge >= 0.3 is 0 Å². The lowest BCUT2D eigenvalue weighted by Crippen LogP contribution is -2.22. The first-order valence-electron chi connectivity index (χ1n) is 7.87. The Morgan fingerprint density at radius 1 is 1.16 bits per heavy atom. The fraction of sp³-hybridized carbons (Fsp3) is 0.158. The van der Waals surface area contributed by atoms with Crippen LogP contribution in [0.25, 0.3) is 11.3 Å². The normalized spacial score (nSPS) is 11.4. The Morgan fingerprint density at radius 2 is 1.88 bits per heavy atom. The monoisotopic (exact) mass is 336 g/mol. The van der Waals surface area contributed by atoms with E-state index in [1.165, 1.54) is 5.56 Å². The van der Waals surface area contributed by atoms with Gasteiger partial charge in [-0.2, -0.15) is 0 Å². The molecule has 0 unspecified atom stereocenters. The highest BCUT2D eigenvalue weighted by Gasteiger charge is 2.06. The first kappa shape index (κ1) is 16.6. The third-order valence-electron chi connectivity index (χ3n) is 3.64. The number of nitrogens with one attached hydrogen (secondary N) is 1. The summed E-state index contributed by atoms with van der Waals surface area (Å²) in [5.74, 6) is 2.30.